The summed E-state index contributed by atoms with van der Waals surface area (Å²) in [6.07, 6.45) is 1.53. The van der Waals surface area contributed by atoms with Gasteiger partial charge in [-0.1, -0.05) is 12.1 Å². The number of para-hydroxylation sites is 1. The number of hydrogen-bond donors (Lipinski definition) is 0. The minimum atomic E-state index is -1.35. The molecule has 0 unspecified atom stereocenters. The van der Waals surface area contributed by atoms with Crippen LogP contribution in [0.25, 0.3) is 0 Å². The first-order valence-corrected chi connectivity index (χ1v) is 8.04. The third-order valence-corrected chi connectivity index (χ3v) is 5.59. The van der Waals surface area contributed by atoms with Crippen LogP contribution in [0.4, 0.5) is 14.9 Å². The Morgan fingerprint density at radius 2 is 1.79 bits per heavy atom. The first kappa shape index (κ1) is 15.1. The van der Waals surface area contributed by atoms with Crippen molar-refractivity contribution in [3.63, 3.8) is 0 Å². The Hall–Kier alpha value is -2.44. The van der Waals surface area contributed by atoms with Crippen molar-refractivity contribution in [1.82, 2.24) is 9.80 Å². The van der Waals surface area contributed by atoms with Gasteiger partial charge < -0.3 is 4.90 Å². The fourth-order valence-electron chi connectivity index (χ4n) is 4.51. The number of fused-ring (bicyclic) bond motifs is 4. The largest absolute Gasteiger partial charge is 0.364 e. The standard InChI is InChI=1S/C17H18FN3O3/c1-19-14(22)17(15(23)20(2)16(19)24)9-10-5-3-6-11(18)13(10)21-8-4-7-12(17)21/h3,5-6,12H,4,7-9H2,1-2H3/t12-/m0/s1. The molecule has 1 spiro atoms. The lowest BCUT2D eigenvalue weighted by atomic mass is 9.68. The van der Waals surface area contributed by atoms with Gasteiger partial charge in [0.2, 0.25) is 11.8 Å². The molecular formula is C17H18FN3O3. The van der Waals surface area contributed by atoms with Crippen LogP contribution in [0.5, 0.6) is 0 Å². The van der Waals surface area contributed by atoms with E-state index in [9.17, 15) is 18.8 Å². The van der Waals surface area contributed by atoms with Gasteiger partial charge in [-0.25, -0.2) is 9.18 Å². The lowest BCUT2D eigenvalue weighted by Gasteiger charge is -2.50. The molecule has 2 saturated heterocycles. The maximum Gasteiger partial charge on any atom is 0.332 e. The predicted molar refractivity (Wildman–Crippen MR) is 83.8 cm³/mol. The Labute approximate surface area is 138 Å². The molecule has 24 heavy (non-hydrogen) atoms. The third-order valence-electron chi connectivity index (χ3n) is 5.59. The average Bonchev–Trinajstić information content (AvgIpc) is 3.06. The van der Waals surface area contributed by atoms with Gasteiger partial charge in [0, 0.05) is 20.6 Å². The van der Waals surface area contributed by atoms with E-state index in [0.29, 0.717) is 24.2 Å². The third kappa shape index (κ3) is 1.62. The fourth-order valence-corrected chi connectivity index (χ4v) is 4.51. The molecule has 1 aromatic rings. The number of hydrogen-bond acceptors (Lipinski definition) is 4. The van der Waals surface area contributed by atoms with Gasteiger partial charge in [0.15, 0.2) is 5.41 Å². The molecule has 0 N–H and O–H groups in total. The zero-order chi connectivity index (χ0) is 17.2. The smallest absolute Gasteiger partial charge is 0.332 e. The fraction of sp³-hybridized carbons (Fsp3) is 0.471. The van der Waals surface area contributed by atoms with Crippen molar-refractivity contribution < 1.29 is 18.8 Å². The highest BCUT2D eigenvalue weighted by Crippen LogP contribution is 2.49. The Bertz CT molecular complexity index is 754. The number of benzene rings is 1. The summed E-state index contributed by atoms with van der Waals surface area (Å²) >= 11 is 0. The van der Waals surface area contributed by atoms with Crippen LogP contribution in [0.15, 0.2) is 18.2 Å². The van der Waals surface area contributed by atoms with E-state index in [4.69, 9.17) is 0 Å². The Morgan fingerprint density at radius 1 is 1.12 bits per heavy atom. The summed E-state index contributed by atoms with van der Waals surface area (Å²) in [7, 11) is 2.80. The number of urea groups is 1. The lowest BCUT2D eigenvalue weighted by molar-refractivity contribution is -0.159. The number of amides is 4. The van der Waals surface area contributed by atoms with Gasteiger partial charge in [0.25, 0.3) is 0 Å². The number of nitrogens with zero attached hydrogens (tertiary/aromatic N) is 3. The second-order valence-corrected chi connectivity index (χ2v) is 6.76. The van der Waals surface area contributed by atoms with Crippen LogP contribution in [0, 0.1) is 11.2 Å². The highest BCUT2D eigenvalue weighted by atomic mass is 19.1. The van der Waals surface area contributed by atoms with Crippen LogP contribution in [0.3, 0.4) is 0 Å². The molecule has 3 aliphatic rings. The average molecular weight is 331 g/mol. The summed E-state index contributed by atoms with van der Waals surface area (Å²) in [4.78, 5) is 42.1. The molecule has 3 aliphatic heterocycles. The Kier molecular flexibility index (Phi) is 3.01. The van der Waals surface area contributed by atoms with Gasteiger partial charge in [-0.15, -0.1) is 0 Å². The van der Waals surface area contributed by atoms with E-state index < -0.39 is 29.3 Å². The summed E-state index contributed by atoms with van der Waals surface area (Å²) in [5.74, 6) is -1.30. The highest BCUT2D eigenvalue weighted by Gasteiger charge is 2.63. The molecule has 0 aliphatic carbocycles. The molecule has 0 bridgehead atoms. The van der Waals surface area contributed by atoms with Crippen molar-refractivity contribution in [3.05, 3.63) is 29.6 Å². The molecule has 3 heterocycles. The number of rotatable bonds is 0. The second-order valence-electron chi connectivity index (χ2n) is 6.76. The molecule has 0 aromatic heterocycles. The first-order valence-electron chi connectivity index (χ1n) is 8.04. The number of carbonyl (C=O) groups is 3. The zero-order valence-corrected chi connectivity index (χ0v) is 13.6. The summed E-state index contributed by atoms with van der Waals surface area (Å²) in [6.45, 7) is 0.599. The molecule has 6 nitrogen and oxygen atoms in total. The van der Waals surface area contributed by atoms with E-state index in [0.717, 1.165) is 16.2 Å². The van der Waals surface area contributed by atoms with Gasteiger partial charge in [-0.3, -0.25) is 19.4 Å². The predicted octanol–water partition coefficient (Wildman–Crippen LogP) is 1.39. The number of barbiturate groups is 1. The minimum absolute atomic E-state index is 0.126. The molecule has 4 rings (SSSR count). The summed E-state index contributed by atoms with van der Waals surface area (Å²) in [6, 6.07) is 3.71. The van der Waals surface area contributed by atoms with Crippen molar-refractivity contribution >= 4 is 23.5 Å². The van der Waals surface area contributed by atoms with Crippen molar-refractivity contribution in [2.75, 3.05) is 25.5 Å². The van der Waals surface area contributed by atoms with Crippen LogP contribution >= 0.6 is 0 Å². The van der Waals surface area contributed by atoms with Crippen LogP contribution in [0.1, 0.15) is 18.4 Å². The molecule has 0 radical (unpaired) electrons. The number of carbonyl (C=O) groups excluding carboxylic acids is 3. The van der Waals surface area contributed by atoms with E-state index >= 15 is 0 Å². The van der Waals surface area contributed by atoms with E-state index in [-0.39, 0.29) is 12.2 Å². The van der Waals surface area contributed by atoms with Crippen LogP contribution < -0.4 is 4.90 Å². The zero-order valence-electron chi connectivity index (χ0n) is 13.6. The Balaban J connectivity index is 1.93. The Morgan fingerprint density at radius 3 is 2.46 bits per heavy atom. The molecule has 126 valence electrons. The van der Waals surface area contributed by atoms with E-state index in [1.54, 1.807) is 12.1 Å². The maximum absolute atomic E-state index is 14.4. The molecule has 2 fully saturated rings. The lowest BCUT2D eigenvalue weighted by Crippen LogP contribution is -2.70. The number of imide groups is 2. The first-order chi connectivity index (χ1) is 11.4. The van der Waals surface area contributed by atoms with E-state index in [1.807, 2.05) is 4.90 Å². The van der Waals surface area contributed by atoms with Crippen molar-refractivity contribution in [2.24, 2.45) is 5.41 Å². The number of anilines is 1. The van der Waals surface area contributed by atoms with Crippen LogP contribution in [0.2, 0.25) is 0 Å². The quantitative estimate of drug-likeness (QED) is 0.674. The van der Waals surface area contributed by atoms with Crippen LogP contribution in [-0.4, -0.2) is 54.3 Å². The molecule has 1 aromatic carbocycles. The summed E-state index contributed by atoms with van der Waals surface area (Å²) < 4.78 is 14.4. The summed E-state index contributed by atoms with van der Waals surface area (Å²) in [5.41, 5.74) is -0.214. The van der Waals surface area contributed by atoms with Gasteiger partial charge in [-0.05, 0) is 30.9 Å². The van der Waals surface area contributed by atoms with Gasteiger partial charge >= 0.3 is 6.03 Å². The normalized spacial score (nSPS) is 25.4. The van der Waals surface area contributed by atoms with Crippen molar-refractivity contribution in [2.45, 2.75) is 25.3 Å². The van der Waals surface area contributed by atoms with Crippen LogP contribution in [-0.2, 0) is 16.0 Å². The molecular weight excluding hydrogens is 313 g/mol. The van der Waals surface area contributed by atoms with Gasteiger partial charge in [0.05, 0.1) is 11.7 Å². The number of halogens is 1. The molecule has 1 atom stereocenters. The monoisotopic (exact) mass is 331 g/mol. The van der Waals surface area contributed by atoms with Gasteiger partial charge in [-0.2, -0.15) is 0 Å². The molecule has 0 saturated carbocycles. The molecule has 4 amide bonds. The van der Waals surface area contributed by atoms with Crippen molar-refractivity contribution in [1.29, 1.82) is 0 Å². The van der Waals surface area contributed by atoms with E-state index in [2.05, 4.69) is 0 Å². The SMILES string of the molecule is CN1C(=O)N(C)C(=O)C2(Cc3cccc(F)c3N3CCC[C@H]32)C1=O. The maximum atomic E-state index is 14.4. The van der Waals surface area contributed by atoms with E-state index in [1.165, 1.54) is 20.2 Å². The minimum Gasteiger partial charge on any atom is -0.364 e. The topological polar surface area (TPSA) is 60.9 Å². The van der Waals surface area contributed by atoms with Gasteiger partial charge in [0.1, 0.15) is 5.82 Å². The second kappa shape index (κ2) is 4.78. The molecule has 7 heteroatoms. The summed E-state index contributed by atoms with van der Waals surface area (Å²) in [5, 5.41) is 0. The highest BCUT2D eigenvalue weighted by molar-refractivity contribution is 6.20. The van der Waals surface area contributed by atoms with Crippen molar-refractivity contribution in [3.8, 4) is 0 Å².